The van der Waals surface area contributed by atoms with Crippen LogP contribution in [-0.2, 0) is 14.3 Å². The van der Waals surface area contributed by atoms with Crippen LogP contribution in [0.2, 0.25) is 0 Å². The van der Waals surface area contributed by atoms with Gasteiger partial charge in [0.2, 0.25) is 0 Å². The minimum absolute atomic E-state index is 0.125. The second kappa shape index (κ2) is 14.7. The van der Waals surface area contributed by atoms with Gasteiger partial charge in [-0.15, -0.1) is 0 Å². The van der Waals surface area contributed by atoms with Gasteiger partial charge in [-0.3, -0.25) is 4.79 Å². The molecule has 0 aliphatic carbocycles. The summed E-state index contributed by atoms with van der Waals surface area (Å²) in [7, 11) is 0. The highest BCUT2D eigenvalue weighted by atomic mass is 16.5. The maximum Gasteiger partial charge on any atom is 0.343 e. The van der Waals surface area contributed by atoms with E-state index in [1.807, 2.05) is 6.92 Å². The van der Waals surface area contributed by atoms with Crippen molar-refractivity contribution in [3.63, 3.8) is 0 Å². The van der Waals surface area contributed by atoms with Crippen LogP contribution in [0.4, 0.5) is 0 Å². The van der Waals surface area contributed by atoms with Crippen LogP contribution in [0.1, 0.15) is 80.0 Å². The number of hydrogen-bond donors (Lipinski definition) is 0. The zero-order chi connectivity index (χ0) is 24.8. The fraction of sp³-hybridized carbons (Fsp3) is 0.444. The molecule has 184 valence electrons. The van der Waals surface area contributed by atoms with Gasteiger partial charge in [-0.1, -0.05) is 6.92 Å². The van der Waals surface area contributed by atoms with E-state index in [2.05, 4.69) is 0 Å². The summed E-state index contributed by atoms with van der Waals surface area (Å²) < 4.78 is 21.3. The molecule has 0 unspecified atom stereocenters. The average Bonchev–Trinajstić information content (AvgIpc) is 2.81. The van der Waals surface area contributed by atoms with Crippen molar-refractivity contribution in [2.75, 3.05) is 13.2 Å². The molecular weight excluding hydrogens is 436 g/mol. The summed E-state index contributed by atoms with van der Waals surface area (Å²) in [5, 5.41) is 0. The number of unbranched alkanes of at least 4 members (excludes halogenated alkanes) is 3. The summed E-state index contributed by atoms with van der Waals surface area (Å²) in [6.45, 7) is 6.57. The first-order valence-electron chi connectivity index (χ1n) is 11.8. The molecule has 0 heterocycles. The minimum Gasteiger partial charge on any atom is -0.494 e. The lowest BCUT2D eigenvalue weighted by atomic mass is 10.2. The highest BCUT2D eigenvalue weighted by Crippen LogP contribution is 2.18. The molecule has 7 nitrogen and oxygen atoms in total. The molecule has 0 aliphatic rings. The van der Waals surface area contributed by atoms with E-state index in [-0.39, 0.29) is 12.1 Å². The Bertz CT molecular complexity index is 902. The molecule has 0 amide bonds. The molecule has 34 heavy (non-hydrogen) atoms. The molecule has 0 aromatic heterocycles. The van der Waals surface area contributed by atoms with Crippen molar-refractivity contribution < 1.29 is 33.3 Å². The van der Waals surface area contributed by atoms with Crippen LogP contribution in [0.25, 0.3) is 0 Å². The van der Waals surface area contributed by atoms with Crippen molar-refractivity contribution in [3.8, 4) is 11.5 Å². The van der Waals surface area contributed by atoms with Gasteiger partial charge < -0.3 is 18.9 Å². The molecule has 0 radical (unpaired) electrons. The molecule has 2 aromatic rings. The van der Waals surface area contributed by atoms with Crippen molar-refractivity contribution in [2.45, 2.75) is 65.4 Å². The quantitative estimate of drug-likeness (QED) is 0.197. The Morgan fingerprint density at radius 2 is 1.29 bits per heavy atom. The number of esters is 3. The number of carbonyl (C=O) groups is 3. The monoisotopic (exact) mass is 470 g/mol. The maximum absolute atomic E-state index is 12.4. The predicted molar refractivity (Wildman–Crippen MR) is 128 cm³/mol. The predicted octanol–water partition coefficient (Wildman–Crippen LogP) is 5.75. The second-order valence-corrected chi connectivity index (χ2v) is 8.13. The largest absolute Gasteiger partial charge is 0.494 e. The van der Waals surface area contributed by atoms with Crippen LogP contribution >= 0.6 is 0 Å². The molecule has 0 N–H and O–H groups in total. The topological polar surface area (TPSA) is 88.1 Å². The minimum atomic E-state index is -0.497. The Balaban J connectivity index is 1.67. The smallest absolute Gasteiger partial charge is 0.343 e. The van der Waals surface area contributed by atoms with E-state index in [1.165, 1.54) is 0 Å². The van der Waals surface area contributed by atoms with Crippen molar-refractivity contribution in [1.29, 1.82) is 0 Å². The summed E-state index contributed by atoms with van der Waals surface area (Å²) in [6.07, 6.45) is 4.81. The van der Waals surface area contributed by atoms with Crippen LogP contribution in [0.3, 0.4) is 0 Å². The van der Waals surface area contributed by atoms with Gasteiger partial charge >= 0.3 is 17.9 Å². The Hall–Kier alpha value is -3.35. The van der Waals surface area contributed by atoms with Crippen LogP contribution in [0, 0.1) is 0 Å². The number of carbonyl (C=O) groups excluding carboxylic acids is 3. The zero-order valence-electron chi connectivity index (χ0n) is 20.2. The molecule has 0 fully saturated rings. The van der Waals surface area contributed by atoms with E-state index < -0.39 is 11.9 Å². The first-order chi connectivity index (χ1) is 16.4. The summed E-state index contributed by atoms with van der Waals surface area (Å²) in [5.74, 6) is -0.0237. The highest BCUT2D eigenvalue weighted by molar-refractivity contribution is 5.92. The Morgan fingerprint density at radius 3 is 1.88 bits per heavy atom. The molecule has 0 spiro atoms. The third-order valence-corrected chi connectivity index (χ3v) is 4.76. The molecule has 2 rings (SSSR count). The molecule has 7 heteroatoms. The van der Waals surface area contributed by atoms with Crippen LogP contribution < -0.4 is 9.47 Å². The molecule has 0 aliphatic heterocycles. The third-order valence-electron chi connectivity index (χ3n) is 4.76. The van der Waals surface area contributed by atoms with Crippen molar-refractivity contribution in [2.24, 2.45) is 0 Å². The zero-order valence-corrected chi connectivity index (χ0v) is 20.2. The van der Waals surface area contributed by atoms with Gasteiger partial charge in [-0.05, 0) is 94.5 Å². The van der Waals surface area contributed by atoms with E-state index in [0.29, 0.717) is 42.3 Å². The number of hydrogen-bond acceptors (Lipinski definition) is 7. The summed E-state index contributed by atoms with van der Waals surface area (Å²) in [6, 6.07) is 13.0. The molecule has 0 atom stereocenters. The van der Waals surface area contributed by atoms with E-state index >= 15 is 0 Å². The van der Waals surface area contributed by atoms with Gasteiger partial charge in [-0.25, -0.2) is 9.59 Å². The summed E-state index contributed by atoms with van der Waals surface area (Å²) >= 11 is 0. The molecule has 0 bridgehead atoms. The summed E-state index contributed by atoms with van der Waals surface area (Å²) in [4.78, 5) is 35.5. The lowest BCUT2D eigenvalue weighted by Gasteiger charge is -2.09. The Kier molecular flexibility index (Phi) is 11.7. The van der Waals surface area contributed by atoms with Crippen LogP contribution in [-0.4, -0.2) is 37.2 Å². The van der Waals surface area contributed by atoms with E-state index in [1.54, 1.807) is 62.4 Å². The molecule has 0 saturated carbocycles. The van der Waals surface area contributed by atoms with Crippen LogP contribution in [0.15, 0.2) is 48.5 Å². The fourth-order valence-electron chi connectivity index (χ4n) is 3.00. The first kappa shape index (κ1) is 26.9. The fourth-order valence-corrected chi connectivity index (χ4v) is 3.00. The Morgan fingerprint density at radius 1 is 0.735 bits per heavy atom. The number of ether oxygens (including phenoxy) is 4. The average molecular weight is 471 g/mol. The third kappa shape index (κ3) is 10.1. The highest BCUT2D eigenvalue weighted by Gasteiger charge is 2.12. The van der Waals surface area contributed by atoms with E-state index in [0.717, 1.165) is 32.1 Å². The standard InChI is InChI=1S/C27H34O7/c1-4-9-25(28)32-19-8-6-5-7-18-31-23-14-10-22(11-15-23)27(30)34-24-16-12-21(13-17-24)26(29)33-20(2)3/h10-17,20H,4-9,18-19H2,1-3H3. The normalized spacial score (nSPS) is 10.6. The van der Waals surface area contributed by atoms with Crippen LogP contribution in [0.5, 0.6) is 11.5 Å². The lowest BCUT2D eigenvalue weighted by molar-refractivity contribution is -0.143. The molecule has 2 aromatic carbocycles. The van der Waals surface area contributed by atoms with Gasteiger partial charge in [0.05, 0.1) is 30.4 Å². The van der Waals surface area contributed by atoms with E-state index in [9.17, 15) is 14.4 Å². The maximum atomic E-state index is 12.4. The van der Waals surface area contributed by atoms with Gasteiger partial charge in [0.1, 0.15) is 11.5 Å². The van der Waals surface area contributed by atoms with Crippen molar-refractivity contribution in [3.05, 3.63) is 59.7 Å². The molecule has 0 saturated heterocycles. The first-order valence-corrected chi connectivity index (χ1v) is 11.8. The number of benzene rings is 2. The Labute approximate surface area is 201 Å². The van der Waals surface area contributed by atoms with Crippen molar-refractivity contribution >= 4 is 17.9 Å². The van der Waals surface area contributed by atoms with Gasteiger partial charge in [0, 0.05) is 6.42 Å². The van der Waals surface area contributed by atoms with E-state index in [4.69, 9.17) is 18.9 Å². The molecular formula is C27H34O7. The second-order valence-electron chi connectivity index (χ2n) is 8.13. The van der Waals surface area contributed by atoms with Gasteiger partial charge in [0.15, 0.2) is 0 Å². The lowest BCUT2D eigenvalue weighted by Crippen LogP contribution is -2.12. The van der Waals surface area contributed by atoms with Gasteiger partial charge in [0.25, 0.3) is 0 Å². The number of rotatable bonds is 14. The SMILES string of the molecule is CCCC(=O)OCCCCCCOc1ccc(C(=O)Oc2ccc(C(=O)OC(C)C)cc2)cc1. The van der Waals surface area contributed by atoms with Gasteiger partial charge in [-0.2, -0.15) is 0 Å². The van der Waals surface area contributed by atoms with Crippen molar-refractivity contribution in [1.82, 2.24) is 0 Å². The summed E-state index contributed by atoms with van der Waals surface area (Å²) in [5.41, 5.74) is 0.790.